The third-order valence-electron chi connectivity index (χ3n) is 3.26. The number of benzene rings is 1. The summed E-state index contributed by atoms with van der Waals surface area (Å²) < 4.78 is 25.4. The first-order valence-electron chi connectivity index (χ1n) is 6.02. The maximum absolute atomic E-state index is 11.8. The van der Waals surface area contributed by atoms with Gasteiger partial charge in [-0.05, 0) is 11.5 Å². The summed E-state index contributed by atoms with van der Waals surface area (Å²) in [5.74, 6) is -1.58. The standard InChI is InChI=1S/C13H19NO4S/c1-4-10(2)13(12(15)16,14-19(3,17)18)11-8-6-5-7-9-11/h5-10,14H,4H2,1-3H3,(H,15,16). The van der Waals surface area contributed by atoms with Crippen LogP contribution in [-0.2, 0) is 20.4 Å². The molecule has 6 heteroatoms. The first kappa shape index (κ1) is 15.7. The van der Waals surface area contributed by atoms with Crippen LogP contribution >= 0.6 is 0 Å². The molecule has 0 radical (unpaired) electrons. The fraction of sp³-hybridized carbons (Fsp3) is 0.462. The van der Waals surface area contributed by atoms with Crippen LogP contribution in [0.1, 0.15) is 25.8 Å². The Balaban J connectivity index is 3.49. The van der Waals surface area contributed by atoms with Crippen molar-refractivity contribution in [2.24, 2.45) is 5.92 Å². The molecule has 0 aromatic heterocycles. The van der Waals surface area contributed by atoms with E-state index in [4.69, 9.17) is 0 Å². The van der Waals surface area contributed by atoms with E-state index < -0.39 is 21.5 Å². The molecule has 19 heavy (non-hydrogen) atoms. The molecule has 106 valence electrons. The number of carboxylic acid groups (broad SMARTS) is 1. The lowest BCUT2D eigenvalue weighted by atomic mass is 9.78. The quantitative estimate of drug-likeness (QED) is 0.831. The highest BCUT2D eigenvalue weighted by Gasteiger charge is 2.46. The minimum absolute atomic E-state index is 0.387. The molecule has 0 saturated heterocycles. The second-order valence-electron chi connectivity index (χ2n) is 4.66. The molecular formula is C13H19NO4S. The van der Waals surface area contributed by atoms with Crippen molar-refractivity contribution < 1.29 is 18.3 Å². The Kier molecular flexibility index (Phi) is 4.70. The Morgan fingerprint density at radius 2 is 1.89 bits per heavy atom. The Bertz CT molecular complexity index is 541. The van der Waals surface area contributed by atoms with Gasteiger partial charge in [-0.3, -0.25) is 0 Å². The van der Waals surface area contributed by atoms with E-state index in [-0.39, 0.29) is 5.92 Å². The summed E-state index contributed by atoms with van der Waals surface area (Å²) in [4.78, 5) is 11.8. The van der Waals surface area contributed by atoms with Crippen LogP contribution in [0.25, 0.3) is 0 Å². The highest BCUT2D eigenvalue weighted by atomic mass is 32.2. The SMILES string of the molecule is CCC(C)C(NS(C)(=O)=O)(C(=O)O)c1ccccc1. The molecule has 0 bridgehead atoms. The van der Waals surface area contributed by atoms with Crippen LogP contribution in [0, 0.1) is 5.92 Å². The van der Waals surface area contributed by atoms with Gasteiger partial charge in [0.1, 0.15) is 0 Å². The third kappa shape index (κ3) is 3.33. The number of carbonyl (C=O) groups is 1. The summed E-state index contributed by atoms with van der Waals surface area (Å²) in [7, 11) is -3.66. The summed E-state index contributed by atoms with van der Waals surface area (Å²) in [5.41, 5.74) is -1.20. The predicted octanol–water partition coefficient (Wildman–Crippen LogP) is 1.56. The van der Waals surface area contributed by atoms with Crippen molar-refractivity contribution in [2.45, 2.75) is 25.8 Å². The normalized spacial score (nSPS) is 16.6. The molecule has 0 saturated carbocycles. The molecule has 2 atom stereocenters. The number of nitrogens with one attached hydrogen (secondary N) is 1. The van der Waals surface area contributed by atoms with Crippen molar-refractivity contribution in [3.63, 3.8) is 0 Å². The molecule has 5 nitrogen and oxygen atoms in total. The minimum Gasteiger partial charge on any atom is -0.480 e. The Hall–Kier alpha value is -1.40. The van der Waals surface area contributed by atoms with Gasteiger partial charge in [0.25, 0.3) is 0 Å². The van der Waals surface area contributed by atoms with Gasteiger partial charge in [0.2, 0.25) is 10.0 Å². The highest BCUT2D eigenvalue weighted by Crippen LogP contribution is 2.33. The first-order valence-corrected chi connectivity index (χ1v) is 7.91. The van der Waals surface area contributed by atoms with Crippen molar-refractivity contribution in [2.75, 3.05) is 6.26 Å². The number of hydrogen-bond acceptors (Lipinski definition) is 3. The molecule has 0 amide bonds. The number of carboxylic acids is 1. The van der Waals surface area contributed by atoms with Gasteiger partial charge in [-0.15, -0.1) is 0 Å². The summed E-state index contributed by atoms with van der Waals surface area (Å²) in [5, 5.41) is 9.62. The second-order valence-corrected chi connectivity index (χ2v) is 6.41. The molecule has 1 rings (SSSR count). The Labute approximate surface area is 113 Å². The molecule has 0 heterocycles. The van der Waals surface area contributed by atoms with Crippen molar-refractivity contribution in [1.29, 1.82) is 0 Å². The molecule has 0 aliphatic carbocycles. The van der Waals surface area contributed by atoms with Gasteiger partial charge in [-0.1, -0.05) is 50.6 Å². The average Bonchev–Trinajstić information content (AvgIpc) is 2.34. The fourth-order valence-electron chi connectivity index (χ4n) is 2.12. The van der Waals surface area contributed by atoms with Crippen LogP contribution < -0.4 is 4.72 Å². The van der Waals surface area contributed by atoms with Crippen LogP contribution in [-0.4, -0.2) is 25.7 Å². The van der Waals surface area contributed by atoms with Crippen molar-refractivity contribution in [3.05, 3.63) is 35.9 Å². The van der Waals surface area contributed by atoms with Crippen LogP contribution in [0.5, 0.6) is 0 Å². The van der Waals surface area contributed by atoms with Gasteiger partial charge < -0.3 is 5.11 Å². The van der Waals surface area contributed by atoms with Gasteiger partial charge in [-0.25, -0.2) is 13.2 Å². The van der Waals surface area contributed by atoms with Crippen LogP contribution in [0.15, 0.2) is 30.3 Å². The lowest BCUT2D eigenvalue weighted by Crippen LogP contribution is -2.55. The number of rotatable bonds is 6. The molecule has 2 N–H and O–H groups in total. The number of aliphatic carboxylic acids is 1. The summed E-state index contributed by atoms with van der Waals surface area (Å²) in [6.45, 7) is 3.55. The lowest BCUT2D eigenvalue weighted by Gasteiger charge is -2.35. The average molecular weight is 285 g/mol. The van der Waals surface area contributed by atoms with E-state index >= 15 is 0 Å². The van der Waals surface area contributed by atoms with Crippen LogP contribution in [0.2, 0.25) is 0 Å². The van der Waals surface area contributed by atoms with Gasteiger partial charge in [-0.2, -0.15) is 4.72 Å². The minimum atomic E-state index is -3.66. The van der Waals surface area contributed by atoms with Crippen molar-refractivity contribution in [1.82, 2.24) is 4.72 Å². The van der Waals surface area contributed by atoms with Gasteiger partial charge >= 0.3 is 5.97 Å². The second kappa shape index (κ2) is 5.71. The third-order valence-corrected chi connectivity index (χ3v) is 3.96. The molecule has 2 unspecified atom stereocenters. The molecule has 0 fully saturated rings. The van der Waals surface area contributed by atoms with Crippen molar-refractivity contribution in [3.8, 4) is 0 Å². The molecule has 0 aliphatic heterocycles. The molecule has 1 aromatic rings. The highest BCUT2D eigenvalue weighted by molar-refractivity contribution is 7.88. The summed E-state index contributed by atoms with van der Waals surface area (Å²) in [6.07, 6.45) is 1.50. The monoisotopic (exact) mass is 285 g/mol. The van der Waals surface area contributed by atoms with E-state index in [1.165, 1.54) is 0 Å². The summed E-state index contributed by atoms with van der Waals surface area (Å²) in [6, 6.07) is 8.39. The lowest BCUT2D eigenvalue weighted by molar-refractivity contribution is -0.147. The number of sulfonamides is 1. The zero-order valence-electron chi connectivity index (χ0n) is 11.3. The zero-order valence-corrected chi connectivity index (χ0v) is 12.1. The number of hydrogen-bond donors (Lipinski definition) is 2. The van der Waals surface area contributed by atoms with Gasteiger partial charge in [0.05, 0.1) is 6.26 Å². The zero-order chi connectivity index (χ0) is 14.7. The fourth-order valence-corrected chi connectivity index (χ4v) is 3.11. The van der Waals surface area contributed by atoms with E-state index in [2.05, 4.69) is 4.72 Å². The van der Waals surface area contributed by atoms with Gasteiger partial charge in [0.15, 0.2) is 5.54 Å². The predicted molar refractivity (Wildman–Crippen MR) is 73.2 cm³/mol. The van der Waals surface area contributed by atoms with Gasteiger partial charge in [0, 0.05) is 0 Å². The van der Waals surface area contributed by atoms with E-state index in [1.807, 2.05) is 6.92 Å². The van der Waals surface area contributed by atoms with E-state index in [0.717, 1.165) is 6.26 Å². The van der Waals surface area contributed by atoms with E-state index in [1.54, 1.807) is 37.3 Å². The Morgan fingerprint density at radius 3 is 2.26 bits per heavy atom. The van der Waals surface area contributed by atoms with Crippen LogP contribution in [0.4, 0.5) is 0 Å². The molecular weight excluding hydrogens is 266 g/mol. The molecule has 0 aliphatic rings. The topological polar surface area (TPSA) is 83.5 Å². The van der Waals surface area contributed by atoms with E-state index in [0.29, 0.717) is 12.0 Å². The Morgan fingerprint density at radius 1 is 1.37 bits per heavy atom. The van der Waals surface area contributed by atoms with Crippen molar-refractivity contribution >= 4 is 16.0 Å². The summed E-state index contributed by atoms with van der Waals surface area (Å²) >= 11 is 0. The smallest absolute Gasteiger partial charge is 0.329 e. The maximum atomic E-state index is 11.8. The van der Waals surface area contributed by atoms with Crippen LogP contribution in [0.3, 0.4) is 0 Å². The first-order chi connectivity index (χ1) is 8.74. The largest absolute Gasteiger partial charge is 0.480 e. The molecule has 0 spiro atoms. The molecule has 1 aromatic carbocycles. The maximum Gasteiger partial charge on any atom is 0.329 e. The van der Waals surface area contributed by atoms with E-state index in [9.17, 15) is 18.3 Å².